The minimum absolute atomic E-state index is 0.000621. The van der Waals surface area contributed by atoms with Crippen LogP contribution in [-0.2, 0) is 6.54 Å². The van der Waals surface area contributed by atoms with Crippen LogP contribution in [0.3, 0.4) is 0 Å². The monoisotopic (exact) mass is 404 g/mol. The normalized spacial score (nSPS) is 10.8. The Labute approximate surface area is 172 Å². The molecule has 5 nitrogen and oxygen atoms in total. The second-order valence-corrected chi connectivity index (χ2v) is 6.93. The topological polar surface area (TPSA) is 61.2 Å². The molecule has 0 saturated carbocycles. The maximum absolute atomic E-state index is 13.1. The summed E-state index contributed by atoms with van der Waals surface area (Å²) in [6, 6.07) is 20.9. The zero-order chi connectivity index (χ0) is 20.4. The van der Waals surface area contributed by atoms with Crippen molar-refractivity contribution in [1.29, 1.82) is 0 Å². The molecule has 0 unspecified atom stereocenters. The lowest BCUT2D eigenvalue weighted by Crippen LogP contribution is -2.17. The zero-order valence-corrected chi connectivity index (χ0v) is 16.4. The molecule has 0 aliphatic carbocycles. The van der Waals surface area contributed by atoms with Gasteiger partial charge in [-0.3, -0.25) is 9.59 Å². The number of fused-ring (bicyclic) bond motifs is 1. The van der Waals surface area contributed by atoms with Crippen molar-refractivity contribution in [3.05, 3.63) is 94.8 Å². The van der Waals surface area contributed by atoms with Crippen molar-refractivity contribution in [2.45, 2.75) is 6.54 Å². The number of methoxy groups -OCH3 is 1. The number of para-hydroxylation sites is 2. The van der Waals surface area contributed by atoms with Gasteiger partial charge in [-0.15, -0.1) is 0 Å². The van der Waals surface area contributed by atoms with Gasteiger partial charge in [0.1, 0.15) is 5.75 Å². The molecule has 4 aromatic rings. The van der Waals surface area contributed by atoms with Crippen LogP contribution in [0.2, 0.25) is 5.02 Å². The van der Waals surface area contributed by atoms with Crippen molar-refractivity contribution in [3.8, 4) is 5.75 Å². The van der Waals surface area contributed by atoms with Gasteiger partial charge in [-0.2, -0.15) is 0 Å². The summed E-state index contributed by atoms with van der Waals surface area (Å²) in [5.74, 6) is 0.494. The van der Waals surface area contributed by atoms with Gasteiger partial charge in [0.2, 0.25) is 5.78 Å². The predicted octanol–water partition coefficient (Wildman–Crippen LogP) is 4.81. The SMILES string of the molecule is COc1ccc(C(=O)c2nc3ccccc3n2CC(=O)c2ccc(Cl)cc2)cc1. The largest absolute Gasteiger partial charge is 0.497 e. The van der Waals surface area contributed by atoms with Crippen molar-refractivity contribution < 1.29 is 14.3 Å². The van der Waals surface area contributed by atoms with Crippen LogP contribution >= 0.6 is 11.6 Å². The van der Waals surface area contributed by atoms with Crippen LogP contribution in [-0.4, -0.2) is 28.2 Å². The lowest BCUT2D eigenvalue weighted by molar-refractivity contribution is 0.0968. The molecule has 144 valence electrons. The van der Waals surface area contributed by atoms with E-state index < -0.39 is 0 Å². The van der Waals surface area contributed by atoms with Crippen molar-refractivity contribution in [3.63, 3.8) is 0 Å². The number of hydrogen-bond acceptors (Lipinski definition) is 4. The lowest BCUT2D eigenvalue weighted by Gasteiger charge is -2.09. The molecule has 0 radical (unpaired) electrons. The molecule has 0 amide bonds. The Morgan fingerprint density at radius 1 is 0.931 bits per heavy atom. The number of hydrogen-bond donors (Lipinski definition) is 0. The lowest BCUT2D eigenvalue weighted by atomic mass is 10.1. The second kappa shape index (κ2) is 7.89. The number of ketones is 2. The van der Waals surface area contributed by atoms with Crippen molar-refractivity contribution in [2.75, 3.05) is 7.11 Å². The third-order valence-corrected chi connectivity index (χ3v) is 4.93. The molecule has 0 spiro atoms. The summed E-state index contributed by atoms with van der Waals surface area (Å²) < 4.78 is 6.82. The first-order chi connectivity index (χ1) is 14.1. The van der Waals surface area contributed by atoms with Gasteiger partial charge in [-0.05, 0) is 60.7 Å². The van der Waals surface area contributed by atoms with Crippen LogP contribution in [0.15, 0.2) is 72.8 Å². The third kappa shape index (κ3) is 3.77. The fourth-order valence-corrected chi connectivity index (χ4v) is 3.28. The van der Waals surface area contributed by atoms with Gasteiger partial charge in [0.25, 0.3) is 0 Å². The fourth-order valence-electron chi connectivity index (χ4n) is 3.15. The Morgan fingerprint density at radius 3 is 2.28 bits per heavy atom. The molecular formula is C23H17ClN2O3. The summed E-state index contributed by atoms with van der Waals surface area (Å²) in [7, 11) is 1.57. The highest BCUT2D eigenvalue weighted by Crippen LogP contribution is 2.21. The Balaban J connectivity index is 1.75. The molecule has 0 saturated heterocycles. The molecule has 3 aromatic carbocycles. The Morgan fingerprint density at radius 2 is 1.59 bits per heavy atom. The van der Waals surface area contributed by atoms with Gasteiger partial charge < -0.3 is 9.30 Å². The molecule has 0 N–H and O–H groups in total. The van der Waals surface area contributed by atoms with E-state index in [-0.39, 0.29) is 23.9 Å². The van der Waals surface area contributed by atoms with Crippen molar-refractivity contribution in [1.82, 2.24) is 9.55 Å². The molecule has 1 aromatic heterocycles. The highest BCUT2D eigenvalue weighted by atomic mass is 35.5. The van der Waals surface area contributed by atoms with Crippen LogP contribution in [0, 0.1) is 0 Å². The number of benzene rings is 3. The molecule has 6 heteroatoms. The van der Waals surface area contributed by atoms with Gasteiger partial charge >= 0.3 is 0 Å². The maximum atomic E-state index is 13.1. The number of halogens is 1. The number of carbonyl (C=O) groups is 2. The Bertz CT molecular complexity index is 1200. The highest BCUT2D eigenvalue weighted by Gasteiger charge is 2.21. The van der Waals surface area contributed by atoms with E-state index in [1.54, 1.807) is 60.2 Å². The smallest absolute Gasteiger partial charge is 0.228 e. The van der Waals surface area contributed by atoms with Crippen LogP contribution in [0.5, 0.6) is 5.75 Å². The number of Topliss-reactive ketones (excluding diaryl/α,β-unsaturated/α-hetero) is 1. The van der Waals surface area contributed by atoms with Gasteiger partial charge in [0, 0.05) is 16.1 Å². The first kappa shape index (κ1) is 18.9. The Kier molecular flexibility index (Phi) is 5.14. The predicted molar refractivity (Wildman–Crippen MR) is 112 cm³/mol. The zero-order valence-electron chi connectivity index (χ0n) is 15.6. The number of nitrogens with zero attached hydrogens (tertiary/aromatic N) is 2. The quantitative estimate of drug-likeness (QED) is 0.432. The first-order valence-electron chi connectivity index (χ1n) is 8.99. The molecule has 0 aliphatic rings. The molecule has 0 atom stereocenters. The summed E-state index contributed by atoms with van der Waals surface area (Å²) in [4.78, 5) is 30.5. The average Bonchev–Trinajstić information content (AvgIpc) is 3.12. The van der Waals surface area contributed by atoms with Gasteiger partial charge in [-0.1, -0.05) is 23.7 Å². The van der Waals surface area contributed by atoms with Crippen LogP contribution < -0.4 is 4.74 Å². The molecule has 0 fully saturated rings. The van der Waals surface area contributed by atoms with E-state index in [1.807, 2.05) is 24.3 Å². The summed E-state index contributed by atoms with van der Waals surface area (Å²) in [6.07, 6.45) is 0. The van der Waals surface area contributed by atoms with Gasteiger partial charge in [0.15, 0.2) is 11.6 Å². The van der Waals surface area contributed by atoms with E-state index in [4.69, 9.17) is 16.3 Å². The van der Waals surface area contributed by atoms with Gasteiger partial charge in [0.05, 0.1) is 24.7 Å². The molecular weight excluding hydrogens is 388 g/mol. The summed E-state index contributed by atoms with van der Waals surface area (Å²) in [5, 5.41) is 0.560. The Hall–Kier alpha value is -3.44. The summed E-state index contributed by atoms with van der Waals surface area (Å²) in [6.45, 7) is -0.000621. The number of aromatic nitrogens is 2. The van der Waals surface area contributed by atoms with E-state index in [1.165, 1.54) is 0 Å². The summed E-state index contributed by atoms with van der Waals surface area (Å²) >= 11 is 5.91. The van der Waals surface area contributed by atoms with E-state index in [9.17, 15) is 9.59 Å². The minimum atomic E-state index is -0.257. The number of carbonyl (C=O) groups excluding carboxylic acids is 2. The molecule has 4 rings (SSSR count). The number of ether oxygens (including phenoxy) is 1. The van der Waals surface area contributed by atoms with E-state index >= 15 is 0 Å². The highest BCUT2D eigenvalue weighted by molar-refractivity contribution is 6.30. The first-order valence-corrected chi connectivity index (χ1v) is 9.37. The minimum Gasteiger partial charge on any atom is -0.497 e. The standard InChI is InChI=1S/C23H17ClN2O3/c1-29-18-12-8-16(9-13-18)22(28)23-25-19-4-2-3-5-20(19)26(23)14-21(27)15-6-10-17(24)11-7-15/h2-13H,14H2,1H3. The van der Waals surface area contributed by atoms with Crippen LogP contribution in [0.4, 0.5) is 0 Å². The third-order valence-electron chi connectivity index (χ3n) is 4.68. The molecule has 0 bridgehead atoms. The maximum Gasteiger partial charge on any atom is 0.228 e. The van der Waals surface area contributed by atoms with Crippen molar-refractivity contribution in [2.24, 2.45) is 0 Å². The van der Waals surface area contributed by atoms with Crippen LogP contribution in [0.1, 0.15) is 26.5 Å². The molecule has 1 heterocycles. The summed E-state index contributed by atoms with van der Waals surface area (Å²) in [5.41, 5.74) is 2.39. The second-order valence-electron chi connectivity index (χ2n) is 6.50. The molecule has 0 aliphatic heterocycles. The van der Waals surface area contributed by atoms with Crippen LogP contribution in [0.25, 0.3) is 11.0 Å². The fraction of sp³-hybridized carbons (Fsp3) is 0.0870. The van der Waals surface area contributed by atoms with Gasteiger partial charge in [-0.25, -0.2) is 4.98 Å². The van der Waals surface area contributed by atoms with E-state index in [0.717, 1.165) is 5.52 Å². The van der Waals surface area contributed by atoms with Crippen molar-refractivity contribution >= 4 is 34.2 Å². The van der Waals surface area contributed by atoms with E-state index in [2.05, 4.69) is 4.98 Å². The number of rotatable bonds is 6. The van der Waals surface area contributed by atoms with E-state index in [0.29, 0.717) is 27.4 Å². The number of imidazole rings is 1. The average molecular weight is 405 g/mol. The molecule has 29 heavy (non-hydrogen) atoms.